The van der Waals surface area contributed by atoms with Crippen LogP contribution < -0.4 is 5.32 Å². The topological polar surface area (TPSA) is 75.6 Å². The Hall–Kier alpha value is -1.36. The van der Waals surface area contributed by atoms with Gasteiger partial charge in [0.25, 0.3) is 0 Å². The highest BCUT2D eigenvalue weighted by Crippen LogP contribution is 2.27. The molecule has 1 heterocycles. The third-order valence-electron chi connectivity index (χ3n) is 4.37. The average Bonchev–Trinajstić information content (AvgIpc) is 2.92. The van der Waals surface area contributed by atoms with Crippen LogP contribution in [0.5, 0.6) is 0 Å². The molecule has 2 rings (SSSR count). The Kier molecular flexibility index (Phi) is 5.17. The van der Waals surface area contributed by atoms with Gasteiger partial charge < -0.3 is 15.2 Å². The molecule has 4 atom stereocenters. The molecule has 0 aromatic heterocycles. The SMILES string of the molecule is CCC1OCCC1CNC(=O)C1CC=CCC1C(=O)O. The second-order valence-electron chi connectivity index (χ2n) is 5.61. The maximum atomic E-state index is 12.2. The van der Waals surface area contributed by atoms with Crippen LogP contribution in [-0.4, -0.2) is 36.2 Å². The minimum Gasteiger partial charge on any atom is -0.481 e. The normalized spacial score (nSPS) is 33.0. The molecule has 4 unspecified atom stereocenters. The highest BCUT2D eigenvalue weighted by Gasteiger charge is 2.34. The molecule has 5 nitrogen and oxygen atoms in total. The van der Waals surface area contributed by atoms with Crippen LogP contribution in [0.4, 0.5) is 0 Å². The second-order valence-corrected chi connectivity index (χ2v) is 5.61. The van der Waals surface area contributed by atoms with Gasteiger partial charge in [-0.15, -0.1) is 0 Å². The minimum atomic E-state index is -0.884. The molecular weight excluding hydrogens is 258 g/mol. The van der Waals surface area contributed by atoms with Gasteiger partial charge in [-0.2, -0.15) is 0 Å². The lowest BCUT2D eigenvalue weighted by molar-refractivity contribution is -0.147. The van der Waals surface area contributed by atoms with E-state index in [0.29, 0.717) is 25.3 Å². The first kappa shape index (κ1) is 15.0. The molecule has 1 saturated heterocycles. The van der Waals surface area contributed by atoms with E-state index in [1.165, 1.54) is 0 Å². The van der Waals surface area contributed by atoms with Crippen molar-refractivity contribution in [3.63, 3.8) is 0 Å². The summed E-state index contributed by atoms with van der Waals surface area (Å²) < 4.78 is 5.60. The van der Waals surface area contributed by atoms with Crippen LogP contribution in [0.15, 0.2) is 12.2 Å². The first-order valence-electron chi connectivity index (χ1n) is 7.40. The molecule has 112 valence electrons. The molecule has 1 amide bonds. The molecule has 2 N–H and O–H groups in total. The quantitative estimate of drug-likeness (QED) is 0.750. The maximum absolute atomic E-state index is 12.2. The largest absolute Gasteiger partial charge is 0.481 e. The Morgan fingerprint density at radius 3 is 2.65 bits per heavy atom. The van der Waals surface area contributed by atoms with E-state index in [4.69, 9.17) is 4.74 Å². The van der Waals surface area contributed by atoms with Crippen molar-refractivity contribution in [1.82, 2.24) is 5.32 Å². The molecule has 1 aliphatic heterocycles. The summed E-state index contributed by atoms with van der Waals surface area (Å²) in [7, 11) is 0. The summed E-state index contributed by atoms with van der Waals surface area (Å²) in [6.45, 7) is 3.42. The van der Waals surface area contributed by atoms with E-state index in [9.17, 15) is 14.7 Å². The number of carbonyl (C=O) groups is 2. The van der Waals surface area contributed by atoms with Crippen molar-refractivity contribution in [2.75, 3.05) is 13.2 Å². The molecule has 0 radical (unpaired) electrons. The number of carboxylic acid groups (broad SMARTS) is 1. The van der Waals surface area contributed by atoms with Crippen molar-refractivity contribution < 1.29 is 19.4 Å². The van der Waals surface area contributed by atoms with Gasteiger partial charge in [-0.3, -0.25) is 9.59 Å². The van der Waals surface area contributed by atoms with Gasteiger partial charge in [-0.1, -0.05) is 19.1 Å². The Bertz CT molecular complexity index is 393. The van der Waals surface area contributed by atoms with Crippen molar-refractivity contribution in [2.24, 2.45) is 17.8 Å². The lowest BCUT2D eigenvalue weighted by atomic mass is 9.82. The van der Waals surface area contributed by atoms with Crippen LogP contribution in [-0.2, 0) is 14.3 Å². The fourth-order valence-corrected chi connectivity index (χ4v) is 3.12. The van der Waals surface area contributed by atoms with Gasteiger partial charge in [0, 0.05) is 19.1 Å². The van der Waals surface area contributed by atoms with Gasteiger partial charge in [0.2, 0.25) is 5.91 Å². The molecule has 0 spiro atoms. The monoisotopic (exact) mass is 281 g/mol. The lowest BCUT2D eigenvalue weighted by Crippen LogP contribution is -2.41. The summed E-state index contributed by atoms with van der Waals surface area (Å²) in [4.78, 5) is 23.4. The second kappa shape index (κ2) is 6.88. The van der Waals surface area contributed by atoms with Crippen LogP contribution in [0.25, 0.3) is 0 Å². The molecule has 5 heteroatoms. The van der Waals surface area contributed by atoms with Gasteiger partial charge in [0.1, 0.15) is 0 Å². The Morgan fingerprint density at radius 1 is 1.30 bits per heavy atom. The number of hydrogen-bond donors (Lipinski definition) is 2. The maximum Gasteiger partial charge on any atom is 0.307 e. The van der Waals surface area contributed by atoms with E-state index in [1.807, 2.05) is 12.2 Å². The zero-order chi connectivity index (χ0) is 14.5. The molecule has 1 fully saturated rings. The van der Waals surface area contributed by atoms with Crippen molar-refractivity contribution in [2.45, 2.75) is 38.7 Å². The van der Waals surface area contributed by atoms with Crippen LogP contribution in [0.1, 0.15) is 32.6 Å². The summed E-state index contributed by atoms with van der Waals surface area (Å²) in [6, 6.07) is 0. The summed E-state index contributed by atoms with van der Waals surface area (Å²) in [5, 5.41) is 12.1. The summed E-state index contributed by atoms with van der Waals surface area (Å²) in [6.07, 6.45) is 6.84. The van der Waals surface area contributed by atoms with Gasteiger partial charge in [0.15, 0.2) is 0 Å². The number of nitrogens with one attached hydrogen (secondary N) is 1. The molecule has 0 aromatic rings. The fraction of sp³-hybridized carbons (Fsp3) is 0.733. The van der Waals surface area contributed by atoms with Crippen LogP contribution >= 0.6 is 0 Å². The number of carbonyl (C=O) groups excluding carboxylic acids is 1. The number of amides is 1. The number of hydrogen-bond acceptors (Lipinski definition) is 3. The van der Waals surface area contributed by atoms with Crippen molar-refractivity contribution in [1.29, 1.82) is 0 Å². The Labute approximate surface area is 119 Å². The number of carboxylic acids is 1. The van der Waals surface area contributed by atoms with E-state index in [1.54, 1.807) is 0 Å². The molecule has 0 bridgehead atoms. The van der Waals surface area contributed by atoms with Gasteiger partial charge in [-0.05, 0) is 25.7 Å². The standard InChI is InChI=1S/C15H23NO4/c1-2-13-10(7-8-20-13)9-16-14(17)11-5-3-4-6-12(11)15(18)19/h3-4,10-13H,2,5-9H2,1H3,(H,16,17)(H,18,19). The Morgan fingerprint density at radius 2 is 2.00 bits per heavy atom. The lowest BCUT2D eigenvalue weighted by Gasteiger charge is -2.25. The molecule has 0 aromatic carbocycles. The molecule has 2 aliphatic rings. The predicted molar refractivity (Wildman–Crippen MR) is 74.1 cm³/mol. The van der Waals surface area contributed by atoms with Crippen LogP contribution in [0, 0.1) is 17.8 Å². The molecule has 20 heavy (non-hydrogen) atoms. The van der Waals surface area contributed by atoms with Crippen molar-refractivity contribution in [3.8, 4) is 0 Å². The zero-order valence-corrected chi connectivity index (χ0v) is 11.9. The van der Waals surface area contributed by atoms with Crippen LogP contribution in [0.2, 0.25) is 0 Å². The van der Waals surface area contributed by atoms with Gasteiger partial charge in [0.05, 0.1) is 17.9 Å². The number of aliphatic carboxylic acids is 1. The van der Waals surface area contributed by atoms with E-state index in [2.05, 4.69) is 12.2 Å². The van der Waals surface area contributed by atoms with Gasteiger partial charge in [-0.25, -0.2) is 0 Å². The van der Waals surface area contributed by atoms with Crippen molar-refractivity contribution in [3.05, 3.63) is 12.2 Å². The number of rotatable bonds is 5. The first-order chi connectivity index (χ1) is 9.63. The number of ether oxygens (including phenoxy) is 1. The highest BCUT2D eigenvalue weighted by atomic mass is 16.5. The summed E-state index contributed by atoms with van der Waals surface area (Å²) in [5.74, 6) is -1.71. The third-order valence-corrected chi connectivity index (χ3v) is 4.37. The minimum absolute atomic E-state index is 0.136. The summed E-state index contributed by atoms with van der Waals surface area (Å²) in [5.41, 5.74) is 0. The highest BCUT2D eigenvalue weighted by molar-refractivity contribution is 5.85. The fourth-order valence-electron chi connectivity index (χ4n) is 3.12. The first-order valence-corrected chi connectivity index (χ1v) is 7.40. The van der Waals surface area contributed by atoms with Crippen LogP contribution in [0.3, 0.4) is 0 Å². The zero-order valence-electron chi connectivity index (χ0n) is 11.9. The average molecular weight is 281 g/mol. The van der Waals surface area contributed by atoms with E-state index in [-0.39, 0.29) is 12.0 Å². The van der Waals surface area contributed by atoms with E-state index >= 15 is 0 Å². The third kappa shape index (κ3) is 3.39. The molecule has 0 saturated carbocycles. The van der Waals surface area contributed by atoms with E-state index in [0.717, 1.165) is 19.4 Å². The van der Waals surface area contributed by atoms with Crippen molar-refractivity contribution >= 4 is 11.9 Å². The molecular formula is C15H23NO4. The smallest absolute Gasteiger partial charge is 0.307 e. The summed E-state index contributed by atoms with van der Waals surface area (Å²) >= 11 is 0. The number of allylic oxidation sites excluding steroid dienone is 2. The van der Waals surface area contributed by atoms with Gasteiger partial charge >= 0.3 is 5.97 Å². The molecule has 1 aliphatic carbocycles. The Balaban J connectivity index is 1.87. The van der Waals surface area contributed by atoms with E-state index < -0.39 is 17.8 Å². The predicted octanol–water partition coefficient (Wildman–Crippen LogP) is 1.58.